The van der Waals surface area contributed by atoms with Crippen LogP contribution in [0.15, 0.2) is 18.2 Å². The Morgan fingerprint density at radius 2 is 2.00 bits per heavy atom. The molecule has 0 fully saturated rings. The lowest BCUT2D eigenvalue weighted by molar-refractivity contribution is 0.100. The van der Waals surface area contributed by atoms with Gasteiger partial charge in [0.1, 0.15) is 0 Å². The third-order valence-corrected chi connectivity index (χ3v) is 2.25. The molecule has 1 rings (SSSR count). The highest BCUT2D eigenvalue weighted by atomic mass is 16.1. The van der Waals surface area contributed by atoms with Crippen LogP contribution in [0.4, 0.5) is 5.69 Å². The Balaban J connectivity index is 2.91. The van der Waals surface area contributed by atoms with Gasteiger partial charge < -0.3 is 11.1 Å². The second-order valence-corrected chi connectivity index (χ2v) is 5.33. The van der Waals surface area contributed by atoms with E-state index in [4.69, 9.17) is 5.73 Å². The van der Waals surface area contributed by atoms with Crippen molar-refractivity contribution in [1.29, 1.82) is 0 Å². The van der Waals surface area contributed by atoms with E-state index in [2.05, 4.69) is 26.1 Å². The summed E-state index contributed by atoms with van der Waals surface area (Å²) in [5.41, 5.74) is 7.92. The van der Waals surface area contributed by atoms with Gasteiger partial charge in [-0.3, -0.25) is 4.79 Å². The van der Waals surface area contributed by atoms with Crippen LogP contribution in [0.3, 0.4) is 0 Å². The highest BCUT2D eigenvalue weighted by Gasteiger charge is 2.13. The molecule has 0 spiro atoms. The maximum atomic E-state index is 11.3. The molecule has 0 radical (unpaired) electrons. The average Bonchev–Trinajstić information content (AvgIpc) is 2.14. The number of aryl methyl sites for hydroxylation is 1. The normalized spacial score (nSPS) is 11.2. The number of primary amides is 1. The second-order valence-electron chi connectivity index (χ2n) is 5.33. The molecule has 1 amide bonds. The van der Waals surface area contributed by atoms with Crippen LogP contribution < -0.4 is 11.1 Å². The van der Waals surface area contributed by atoms with Crippen LogP contribution >= 0.6 is 0 Å². The van der Waals surface area contributed by atoms with E-state index >= 15 is 0 Å². The largest absolute Gasteiger partial charge is 0.384 e. The summed E-state index contributed by atoms with van der Waals surface area (Å²) in [7, 11) is 0. The van der Waals surface area contributed by atoms with Crippen molar-refractivity contribution in [2.75, 3.05) is 11.9 Å². The van der Waals surface area contributed by atoms with Crippen molar-refractivity contribution < 1.29 is 4.79 Å². The number of rotatable bonds is 3. The Labute approximate surface area is 97.0 Å². The van der Waals surface area contributed by atoms with Crippen LogP contribution in [0.2, 0.25) is 0 Å². The first-order chi connectivity index (χ1) is 7.29. The van der Waals surface area contributed by atoms with Gasteiger partial charge in [0, 0.05) is 12.2 Å². The second kappa shape index (κ2) is 4.56. The lowest BCUT2D eigenvalue weighted by Gasteiger charge is -2.20. The van der Waals surface area contributed by atoms with Gasteiger partial charge in [-0.25, -0.2) is 0 Å². The van der Waals surface area contributed by atoms with E-state index in [1.165, 1.54) is 0 Å². The number of carbonyl (C=O) groups excluding carboxylic acids is 1. The van der Waals surface area contributed by atoms with E-state index in [1.54, 1.807) is 0 Å². The van der Waals surface area contributed by atoms with Crippen LogP contribution in [0, 0.1) is 12.3 Å². The molecule has 88 valence electrons. The molecule has 3 heteroatoms. The van der Waals surface area contributed by atoms with Gasteiger partial charge >= 0.3 is 0 Å². The predicted octanol–water partition coefficient (Wildman–Crippen LogP) is 2.55. The molecule has 0 heterocycles. The SMILES string of the molecule is Cc1ccc(NCC(C)(C)C)c(C(N)=O)c1. The fourth-order valence-electron chi connectivity index (χ4n) is 1.38. The van der Waals surface area contributed by atoms with Gasteiger partial charge in [0.25, 0.3) is 5.91 Å². The van der Waals surface area contributed by atoms with E-state index in [0.717, 1.165) is 17.8 Å². The minimum absolute atomic E-state index is 0.166. The molecule has 0 unspecified atom stereocenters. The van der Waals surface area contributed by atoms with E-state index in [1.807, 2.05) is 25.1 Å². The van der Waals surface area contributed by atoms with Crippen LogP contribution in [0.1, 0.15) is 36.7 Å². The monoisotopic (exact) mass is 220 g/mol. The van der Waals surface area contributed by atoms with Gasteiger partial charge in [0.2, 0.25) is 0 Å². The summed E-state index contributed by atoms with van der Waals surface area (Å²) in [4.78, 5) is 11.3. The zero-order valence-corrected chi connectivity index (χ0v) is 10.4. The molecule has 3 N–H and O–H groups in total. The topological polar surface area (TPSA) is 55.1 Å². The number of benzene rings is 1. The maximum Gasteiger partial charge on any atom is 0.250 e. The zero-order chi connectivity index (χ0) is 12.3. The van der Waals surface area contributed by atoms with Crippen molar-refractivity contribution in [3.05, 3.63) is 29.3 Å². The van der Waals surface area contributed by atoms with E-state index in [0.29, 0.717) is 5.56 Å². The predicted molar refractivity (Wildman–Crippen MR) is 67.6 cm³/mol. The number of anilines is 1. The number of nitrogens with two attached hydrogens (primary N) is 1. The highest BCUT2D eigenvalue weighted by molar-refractivity contribution is 5.98. The molecule has 0 saturated heterocycles. The Bertz CT molecular complexity index is 391. The zero-order valence-electron chi connectivity index (χ0n) is 10.4. The third kappa shape index (κ3) is 3.57. The summed E-state index contributed by atoms with van der Waals surface area (Å²) >= 11 is 0. The molecule has 0 bridgehead atoms. The summed E-state index contributed by atoms with van der Waals surface area (Å²) in [5, 5.41) is 3.26. The van der Waals surface area contributed by atoms with E-state index in [-0.39, 0.29) is 11.3 Å². The van der Waals surface area contributed by atoms with E-state index in [9.17, 15) is 4.79 Å². The van der Waals surface area contributed by atoms with Crippen LogP contribution in [-0.4, -0.2) is 12.5 Å². The first kappa shape index (κ1) is 12.6. The first-order valence-corrected chi connectivity index (χ1v) is 5.44. The summed E-state index contributed by atoms with van der Waals surface area (Å²) < 4.78 is 0. The number of hydrogen-bond donors (Lipinski definition) is 2. The minimum atomic E-state index is -0.389. The van der Waals surface area contributed by atoms with Crippen molar-refractivity contribution in [3.8, 4) is 0 Å². The number of nitrogens with one attached hydrogen (secondary N) is 1. The Morgan fingerprint density at radius 1 is 1.38 bits per heavy atom. The lowest BCUT2D eigenvalue weighted by atomic mass is 9.96. The van der Waals surface area contributed by atoms with Crippen molar-refractivity contribution in [3.63, 3.8) is 0 Å². The highest BCUT2D eigenvalue weighted by Crippen LogP contribution is 2.20. The number of hydrogen-bond acceptors (Lipinski definition) is 2. The number of carbonyl (C=O) groups is 1. The van der Waals surface area contributed by atoms with Crippen molar-refractivity contribution >= 4 is 11.6 Å². The molecule has 1 aromatic rings. The Morgan fingerprint density at radius 3 is 2.50 bits per heavy atom. The molecule has 0 aliphatic heterocycles. The van der Waals surface area contributed by atoms with Crippen LogP contribution in [-0.2, 0) is 0 Å². The molecule has 0 aliphatic carbocycles. The Hall–Kier alpha value is -1.51. The van der Waals surface area contributed by atoms with Crippen molar-refractivity contribution in [2.45, 2.75) is 27.7 Å². The van der Waals surface area contributed by atoms with Gasteiger partial charge in [-0.2, -0.15) is 0 Å². The molecule has 16 heavy (non-hydrogen) atoms. The summed E-state index contributed by atoms with van der Waals surface area (Å²) in [6, 6.07) is 5.69. The molecule has 0 saturated carbocycles. The van der Waals surface area contributed by atoms with Gasteiger partial charge in [-0.05, 0) is 24.5 Å². The summed E-state index contributed by atoms with van der Waals surface area (Å²) in [5.74, 6) is -0.389. The van der Waals surface area contributed by atoms with Gasteiger partial charge in [0.15, 0.2) is 0 Å². The summed E-state index contributed by atoms with van der Waals surface area (Å²) in [6.07, 6.45) is 0. The molecule has 0 aliphatic rings. The number of amides is 1. The Kier molecular flexibility index (Phi) is 3.58. The van der Waals surface area contributed by atoms with Gasteiger partial charge in [-0.1, -0.05) is 32.4 Å². The fourth-order valence-corrected chi connectivity index (χ4v) is 1.38. The quantitative estimate of drug-likeness (QED) is 0.822. The van der Waals surface area contributed by atoms with Crippen molar-refractivity contribution in [2.24, 2.45) is 11.1 Å². The van der Waals surface area contributed by atoms with Gasteiger partial charge in [0.05, 0.1) is 5.56 Å². The fraction of sp³-hybridized carbons (Fsp3) is 0.462. The lowest BCUT2D eigenvalue weighted by Crippen LogP contribution is -2.21. The molecule has 0 atom stereocenters. The smallest absolute Gasteiger partial charge is 0.250 e. The first-order valence-electron chi connectivity index (χ1n) is 5.44. The third-order valence-electron chi connectivity index (χ3n) is 2.25. The van der Waals surface area contributed by atoms with Crippen molar-refractivity contribution in [1.82, 2.24) is 0 Å². The van der Waals surface area contributed by atoms with Crippen LogP contribution in [0.25, 0.3) is 0 Å². The van der Waals surface area contributed by atoms with Crippen LogP contribution in [0.5, 0.6) is 0 Å². The molecule has 3 nitrogen and oxygen atoms in total. The molecule has 0 aromatic heterocycles. The summed E-state index contributed by atoms with van der Waals surface area (Å²) in [6.45, 7) is 9.16. The molecular weight excluding hydrogens is 200 g/mol. The van der Waals surface area contributed by atoms with Gasteiger partial charge in [-0.15, -0.1) is 0 Å². The average molecular weight is 220 g/mol. The molecular formula is C13H20N2O. The minimum Gasteiger partial charge on any atom is -0.384 e. The van der Waals surface area contributed by atoms with E-state index < -0.39 is 0 Å². The standard InChI is InChI=1S/C13H20N2O/c1-9-5-6-11(10(7-9)12(14)16)15-8-13(2,3)4/h5-7,15H,8H2,1-4H3,(H2,14,16). The molecule has 1 aromatic carbocycles. The maximum absolute atomic E-state index is 11.3.